The van der Waals surface area contributed by atoms with Crippen LogP contribution in [0.25, 0.3) is 5.65 Å². The van der Waals surface area contributed by atoms with E-state index in [-0.39, 0.29) is 30.7 Å². The van der Waals surface area contributed by atoms with Gasteiger partial charge in [-0.2, -0.15) is 0 Å². The van der Waals surface area contributed by atoms with Crippen LogP contribution in [-0.2, 0) is 10.5 Å². The lowest BCUT2D eigenvalue weighted by atomic mass is 10.1. The van der Waals surface area contributed by atoms with E-state index in [0.29, 0.717) is 18.2 Å². The maximum absolute atomic E-state index is 12.2. The molecule has 0 radical (unpaired) electrons. The third-order valence-electron chi connectivity index (χ3n) is 4.10. The SMILES string of the molecule is Cc1ccc2nc(CSCC(=O)N3CCC(CN)C3)cn2c1.Cl.Cl. The first-order valence-electron chi connectivity index (χ1n) is 7.65. The molecular formula is C16H24Cl2N4OS. The zero-order valence-corrected chi connectivity index (χ0v) is 16.1. The van der Waals surface area contributed by atoms with Crippen LogP contribution < -0.4 is 5.73 Å². The van der Waals surface area contributed by atoms with Gasteiger partial charge in [-0.3, -0.25) is 4.79 Å². The van der Waals surface area contributed by atoms with Gasteiger partial charge in [-0.25, -0.2) is 4.98 Å². The Morgan fingerprint density at radius 3 is 2.88 bits per heavy atom. The van der Waals surface area contributed by atoms with E-state index in [9.17, 15) is 4.79 Å². The molecule has 3 heterocycles. The summed E-state index contributed by atoms with van der Waals surface area (Å²) >= 11 is 1.63. The first kappa shape index (κ1) is 21.1. The molecule has 0 bridgehead atoms. The third kappa shape index (κ3) is 5.02. The van der Waals surface area contributed by atoms with Crippen LogP contribution in [0.1, 0.15) is 17.7 Å². The molecule has 1 unspecified atom stereocenters. The Bertz CT molecular complexity index is 679. The van der Waals surface area contributed by atoms with Gasteiger partial charge in [-0.1, -0.05) is 6.07 Å². The van der Waals surface area contributed by atoms with E-state index in [2.05, 4.69) is 24.2 Å². The summed E-state index contributed by atoms with van der Waals surface area (Å²) in [4.78, 5) is 18.7. The Balaban J connectivity index is 0.00000144. The molecule has 0 saturated carbocycles. The maximum Gasteiger partial charge on any atom is 0.232 e. The van der Waals surface area contributed by atoms with Crippen molar-refractivity contribution in [3.8, 4) is 0 Å². The zero-order chi connectivity index (χ0) is 15.5. The standard InChI is InChI=1S/C16H22N4OS.2ClH/c1-12-2-3-15-18-14(9-20(15)7-12)10-22-11-16(21)19-5-4-13(6-17)8-19;;/h2-3,7,9,13H,4-6,8,10-11,17H2,1H3;2*1H. The van der Waals surface area contributed by atoms with Gasteiger partial charge in [0.15, 0.2) is 0 Å². The summed E-state index contributed by atoms with van der Waals surface area (Å²) in [7, 11) is 0. The van der Waals surface area contributed by atoms with Gasteiger partial charge in [0, 0.05) is 31.2 Å². The molecule has 1 fully saturated rings. The van der Waals surface area contributed by atoms with E-state index >= 15 is 0 Å². The lowest BCUT2D eigenvalue weighted by Gasteiger charge is -2.15. The van der Waals surface area contributed by atoms with Crippen LogP contribution in [0.5, 0.6) is 0 Å². The Kier molecular flexibility index (Phi) is 8.36. The van der Waals surface area contributed by atoms with Crippen LogP contribution in [0.3, 0.4) is 0 Å². The highest BCUT2D eigenvalue weighted by Gasteiger charge is 2.24. The fourth-order valence-electron chi connectivity index (χ4n) is 2.81. The molecule has 134 valence electrons. The van der Waals surface area contributed by atoms with E-state index < -0.39 is 0 Å². The zero-order valence-electron chi connectivity index (χ0n) is 13.7. The van der Waals surface area contributed by atoms with Crippen LogP contribution in [0.4, 0.5) is 0 Å². The largest absolute Gasteiger partial charge is 0.342 e. The molecular weight excluding hydrogens is 367 g/mol. The molecule has 2 aromatic rings. The van der Waals surface area contributed by atoms with Crippen molar-refractivity contribution in [2.45, 2.75) is 19.1 Å². The van der Waals surface area contributed by atoms with Crippen molar-refractivity contribution in [1.82, 2.24) is 14.3 Å². The number of thioether (sulfide) groups is 1. The van der Waals surface area contributed by atoms with Crippen molar-refractivity contribution in [1.29, 1.82) is 0 Å². The molecule has 8 heteroatoms. The number of likely N-dealkylation sites (tertiary alicyclic amines) is 1. The fraction of sp³-hybridized carbons (Fsp3) is 0.500. The second-order valence-corrected chi connectivity index (χ2v) is 6.91. The molecule has 1 aliphatic heterocycles. The number of amides is 1. The van der Waals surface area contributed by atoms with Gasteiger partial charge < -0.3 is 15.0 Å². The molecule has 5 nitrogen and oxygen atoms in total. The molecule has 0 aromatic carbocycles. The molecule has 0 aliphatic carbocycles. The molecule has 1 saturated heterocycles. The van der Waals surface area contributed by atoms with Crippen LogP contribution >= 0.6 is 36.6 Å². The molecule has 2 aromatic heterocycles. The summed E-state index contributed by atoms with van der Waals surface area (Å²) in [6.45, 7) is 4.42. The first-order chi connectivity index (χ1) is 10.7. The average Bonchev–Trinajstić information content (AvgIpc) is 3.12. The number of hydrogen-bond acceptors (Lipinski definition) is 4. The van der Waals surface area contributed by atoms with Crippen molar-refractivity contribution in [2.75, 3.05) is 25.4 Å². The highest BCUT2D eigenvalue weighted by atomic mass is 35.5. The van der Waals surface area contributed by atoms with Crippen molar-refractivity contribution >= 4 is 48.1 Å². The van der Waals surface area contributed by atoms with E-state index in [0.717, 1.165) is 36.6 Å². The third-order valence-corrected chi connectivity index (χ3v) is 5.05. The minimum atomic E-state index is 0. The van der Waals surface area contributed by atoms with Gasteiger partial charge in [0.25, 0.3) is 0 Å². The van der Waals surface area contributed by atoms with Gasteiger partial charge in [0.05, 0.1) is 11.4 Å². The number of nitrogens with zero attached hydrogens (tertiary/aromatic N) is 3. The van der Waals surface area contributed by atoms with Gasteiger partial charge >= 0.3 is 0 Å². The molecule has 1 atom stereocenters. The minimum absolute atomic E-state index is 0. The summed E-state index contributed by atoms with van der Waals surface area (Å²) in [5.41, 5.74) is 8.85. The monoisotopic (exact) mass is 390 g/mol. The smallest absolute Gasteiger partial charge is 0.232 e. The first-order valence-corrected chi connectivity index (χ1v) is 8.81. The van der Waals surface area contributed by atoms with Crippen LogP contribution in [0.15, 0.2) is 24.5 Å². The number of aromatic nitrogens is 2. The Labute approximate surface area is 159 Å². The number of carbonyl (C=O) groups is 1. The summed E-state index contributed by atoms with van der Waals surface area (Å²) in [6.07, 6.45) is 5.15. The van der Waals surface area contributed by atoms with Gasteiger partial charge in [-0.05, 0) is 37.4 Å². The fourth-order valence-corrected chi connectivity index (χ4v) is 3.62. The number of hydrogen-bond donors (Lipinski definition) is 1. The van der Waals surface area contributed by atoms with Gasteiger partial charge in [0.2, 0.25) is 5.91 Å². The normalized spacial score (nSPS) is 16.8. The topological polar surface area (TPSA) is 63.6 Å². The predicted molar refractivity (Wildman–Crippen MR) is 104 cm³/mol. The van der Waals surface area contributed by atoms with Crippen molar-refractivity contribution < 1.29 is 4.79 Å². The average molecular weight is 391 g/mol. The van der Waals surface area contributed by atoms with Gasteiger partial charge in [0.1, 0.15) is 5.65 Å². The summed E-state index contributed by atoms with van der Waals surface area (Å²) in [5, 5.41) is 0. The van der Waals surface area contributed by atoms with E-state index in [1.54, 1.807) is 11.8 Å². The molecule has 1 aliphatic rings. The number of aryl methyl sites for hydroxylation is 1. The Hall–Kier alpha value is -0.950. The number of pyridine rings is 1. The molecule has 3 rings (SSSR count). The van der Waals surface area contributed by atoms with E-state index in [1.807, 2.05) is 21.6 Å². The second-order valence-electron chi connectivity index (χ2n) is 5.93. The number of nitrogens with two attached hydrogens (primary N) is 1. The number of rotatable bonds is 5. The van der Waals surface area contributed by atoms with E-state index in [4.69, 9.17) is 5.73 Å². The summed E-state index contributed by atoms with van der Waals surface area (Å²) in [6, 6.07) is 4.08. The number of imidazole rings is 1. The highest BCUT2D eigenvalue weighted by Crippen LogP contribution is 2.18. The van der Waals surface area contributed by atoms with E-state index in [1.165, 1.54) is 5.56 Å². The molecule has 1 amide bonds. The van der Waals surface area contributed by atoms with Crippen LogP contribution in [0, 0.1) is 12.8 Å². The van der Waals surface area contributed by atoms with Crippen molar-refractivity contribution in [2.24, 2.45) is 11.7 Å². The quantitative estimate of drug-likeness (QED) is 0.851. The maximum atomic E-state index is 12.2. The molecule has 24 heavy (non-hydrogen) atoms. The lowest BCUT2D eigenvalue weighted by molar-refractivity contribution is -0.127. The van der Waals surface area contributed by atoms with Crippen LogP contribution in [-0.4, -0.2) is 45.6 Å². The van der Waals surface area contributed by atoms with Crippen molar-refractivity contribution in [3.63, 3.8) is 0 Å². The number of carbonyl (C=O) groups excluding carboxylic acids is 1. The number of halogens is 2. The number of fused-ring (bicyclic) bond motifs is 1. The minimum Gasteiger partial charge on any atom is -0.342 e. The second kappa shape index (κ2) is 9.51. The summed E-state index contributed by atoms with van der Waals surface area (Å²) in [5.74, 6) is 1.99. The van der Waals surface area contributed by atoms with Crippen molar-refractivity contribution in [3.05, 3.63) is 35.8 Å². The Morgan fingerprint density at radius 1 is 1.38 bits per heavy atom. The Morgan fingerprint density at radius 2 is 2.17 bits per heavy atom. The summed E-state index contributed by atoms with van der Waals surface area (Å²) < 4.78 is 2.04. The lowest BCUT2D eigenvalue weighted by Crippen LogP contribution is -2.31. The molecule has 2 N–H and O–H groups in total. The van der Waals surface area contributed by atoms with Gasteiger partial charge in [-0.15, -0.1) is 36.6 Å². The molecule has 0 spiro atoms. The highest BCUT2D eigenvalue weighted by molar-refractivity contribution is 7.99. The van der Waals surface area contributed by atoms with Crippen LogP contribution in [0.2, 0.25) is 0 Å². The predicted octanol–water partition coefficient (Wildman–Crippen LogP) is 2.53.